The molecule has 3 nitrogen and oxygen atoms in total. The molecule has 0 radical (unpaired) electrons. The van der Waals surface area contributed by atoms with Crippen molar-refractivity contribution in [2.45, 2.75) is 25.2 Å². The summed E-state index contributed by atoms with van der Waals surface area (Å²) in [5.41, 5.74) is 2.45. The van der Waals surface area contributed by atoms with Crippen molar-refractivity contribution >= 4 is 9.84 Å². The molecule has 2 atom stereocenters. The van der Waals surface area contributed by atoms with Gasteiger partial charge < -0.3 is 4.74 Å². The zero-order valence-corrected chi connectivity index (χ0v) is 13.8. The number of ether oxygens (including phenoxy) is 1. The van der Waals surface area contributed by atoms with Crippen LogP contribution in [0.1, 0.15) is 19.4 Å². The van der Waals surface area contributed by atoms with Gasteiger partial charge in [0.05, 0.1) is 12.0 Å². The first-order chi connectivity index (χ1) is 9.81. The van der Waals surface area contributed by atoms with E-state index >= 15 is 0 Å². The molecule has 1 aliphatic rings. The minimum atomic E-state index is -3.13. The molecule has 1 aromatic rings. The fourth-order valence-corrected chi connectivity index (χ4v) is 3.23. The summed E-state index contributed by atoms with van der Waals surface area (Å²) < 4.78 is 28.3. The standard InChI is InChI=1S/C17H22O3S/c1-12-9-16(20-3)11-15(13(12)2)10-14-5-7-17(8-6-14)21(4,18)19/h5-9,11,13,15H,10H2,1-4H3. The van der Waals surface area contributed by atoms with Crippen LogP contribution in [0, 0.1) is 11.8 Å². The molecule has 21 heavy (non-hydrogen) atoms. The molecule has 0 aromatic heterocycles. The Morgan fingerprint density at radius 2 is 1.81 bits per heavy atom. The fourth-order valence-electron chi connectivity index (χ4n) is 2.60. The first-order valence-electron chi connectivity index (χ1n) is 7.04. The number of benzene rings is 1. The Hall–Kier alpha value is -1.55. The average Bonchev–Trinajstić information content (AvgIpc) is 2.43. The molecule has 0 aliphatic heterocycles. The van der Waals surface area contributed by atoms with Gasteiger partial charge in [-0.15, -0.1) is 0 Å². The van der Waals surface area contributed by atoms with Crippen LogP contribution in [0.25, 0.3) is 0 Å². The van der Waals surface area contributed by atoms with Crippen molar-refractivity contribution in [3.63, 3.8) is 0 Å². The van der Waals surface area contributed by atoms with E-state index in [9.17, 15) is 8.42 Å². The van der Waals surface area contributed by atoms with Crippen molar-refractivity contribution < 1.29 is 13.2 Å². The number of sulfone groups is 1. The van der Waals surface area contributed by atoms with Crippen molar-refractivity contribution in [3.05, 3.63) is 53.3 Å². The van der Waals surface area contributed by atoms with E-state index < -0.39 is 9.84 Å². The van der Waals surface area contributed by atoms with Gasteiger partial charge in [-0.25, -0.2) is 8.42 Å². The quantitative estimate of drug-likeness (QED) is 0.856. The molecule has 0 fully saturated rings. The van der Waals surface area contributed by atoms with Crippen LogP contribution < -0.4 is 0 Å². The highest BCUT2D eigenvalue weighted by Gasteiger charge is 2.22. The number of rotatable bonds is 4. The van der Waals surface area contributed by atoms with Gasteiger partial charge in [-0.3, -0.25) is 0 Å². The summed E-state index contributed by atoms with van der Waals surface area (Å²) in [7, 11) is -1.44. The summed E-state index contributed by atoms with van der Waals surface area (Å²) in [5.74, 6) is 1.73. The molecule has 0 saturated carbocycles. The van der Waals surface area contributed by atoms with Crippen LogP contribution in [0.3, 0.4) is 0 Å². The summed E-state index contributed by atoms with van der Waals surface area (Å²) >= 11 is 0. The molecule has 2 rings (SSSR count). The second kappa shape index (κ2) is 6.06. The minimum Gasteiger partial charge on any atom is -0.497 e. The highest BCUT2D eigenvalue weighted by molar-refractivity contribution is 7.90. The third kappa shape index (κ3) is 3.76. The lowest BCUT2D eigenvalue weighted by Gasteiger charge is -2.26. The summed E-state index contributed by atoms with van der Waals surface area (Å²) in [5, 5.41) is 0. The van der Waals surface area contributed by atoms with E-state index in [1.54, 1.807) is 19.2 Å². The molecule has 2 unspecified atom stereocenters. The van der Waals surface area contributed by atoms with Gasteiger partial charge in [-0.2, -0.15) is 0 Å². The lowest BCUT2D eigenvalue weighted by molar-refractivity contribution is 0.292. The van der Waals surface area contributed by atoms with Gasteiger partial charge >= 0.3 is 0 Å². The topological polar surface area (TPSA) is 43.4 Å². The second-order valence-corrected chi connectivity index (χ2v) is 7.75. The summed E-state index contributed by atoms with van der Waals surface area (Å²) in [6, 6.07) is 7.16. The Morgan fingerprint density at radius 3 is 2.33 bits per heavy atom. The molecular weight excluding hydrogens is 284 g/mol. The van der Waals surface area contributed by atoms with Crippen LogP contribution in [0.5, 0.6) is 0 Å². The van der Waals surface area contributed by atoms with E-state index in [2.05, 4.69) is 26.0 Å². The molecule has 114 valence electrons. The van der Waals surface area contributed by atoms with E-state index in [0.717, 1.165) is 17.7 Å². The van der Waals surface area contributed by atoms with E-state index in [1.807, 2.05) is 12.1 Å². The lowest BCUT2D eigenvalue weighted by atomic mass is 9.80. The van der Waals surface area contributed by atoms with Crippen molar-refractivity contribution in [2.24, 2.45) is 11.8 Å². The van der Waals surface area contributed by atoms with Gasteiger partial charge in [-0.05, 0) is 55.0 Å². The molecule has 0 N–H and O–H groups in total. The molecule has 0 heterocycles. The largest absolute Gasteiger partial charge is 0.497 e. The second-order valence-electron chi connectivity index (χ2n) is 5.73. The SMILES string of the molecule is COC1=CC(Cc2ccc(S(C)(=O)=O)cc2)C(C)C(C)=C1. The van der Waals surface area contributed by atoms with Crippen LogP contribution in [0.2, 0.25) is 0 Å². The zero-order chi connectivity index (χ0) is 15.6. The van der Waals surface area contributed by atoms with Crippen LogP contribution in [-0.2, 0) is 21.0 Å². The number of methoxy groups -OCH3 is 1. The van der Waals surface area contributed by atoms with E-state index in [-0.39, 0.29) is 0 Å². The smallest absolute Gasteiger partial charge is 0.175 e. The monoisotopic (exact) mass is 306 g/mol. The van der Waals surface area contributed by atoms with Crippen molar-refractivity contribution in [2.75, 3.05) is 13.4 Å². The maximum Gasteiger partial charge on any atom is 0.175 e. The van der Waals surface area contributed by atoms with Crippen molar-refractivity contribution in [1.29, 1.82) is 0 Å². The maximum atomic E-state index is 11.5. The Bertz CT molecular complexity index is 666. The van der Waals surface area contributed by atoms with Crippen LogP contribution in [-0.4, -0.2) is 21.8 Å². The number of allylic oxidation sites excluding steroid dienone is 3. The van der Waals surface area contributed by atoms with Gasteiger partial charge in [0.2, 0.25) is 0 Å². The van der Waals surface area contributed by atoms with Crippen molar-refractivity contribution in [3.8, 4) is 0 Å². The number of hydrogen-bond acceptors (Lipinski definition) is 3. The lowest BCUT2D eigenvalue weighted by Crippen LogP contribution is -2.18. The fraction of sp³-hybridized carbons (Fsp3) is 0.412. The molecule has 0 spiro atoms. The van der Waals surface area contributed by atoms with Crippen molar-refractivity contribution in [1.82, 2.24) is 0 Å². The van der Waals surface area contributed by atoms with Gasteiger partial charge in [-0.1, -0.05) is 24.6 Å². The maximum absolute atomic E-state index is 11.5. The van der Waals surface area contributed by atoms with Gasteiger partial charge in [0.1, 0.15) is 5.76 Å². The summed E-state index contributed by atoms with van der Waals surface area (Å²) in [4.78, 5) is 0.368. The first-order valence-corrected chi connectivity index (χ1v) is 8.93. The minimum absolute atomic E-state index is 0.368. The molecule has 0 saturated heterocycles. The third-order valence-corrected chi connectivity index (χ3v) is 5.30. The number of hydrogen-bond donors (Lipinski definition) is 0. The van der Waals surface area contributed by atoms with E-state index in [0.29, 0.717) is 16.7 Å². The van der Waals surface area contributed by atoms with Gasteiger partial charge in [0, 0.05) is 6.26 Å². The Balaban J connectivity index is 2.18. The third-order valence-electron chi connectivity index (χ3n) is 4.17. The Labute approximate surface area is 127 Å². The van der Waals surface area contributed by atoms with Crippen LogP contribution >= 0.6 is 0 Å². The highest BCUT2D eigenvalue weighted by atomic mass is 32.2. The molecular formula is C17H22O3S. The first kappa shape index (κ1) is 15.8. The molecule has 1 aliphatic carbocycles. The predicted octanol–water partition coefficient (Wildman–Crippen LogP) is 3.38. The molecule has 4 heteroatoms. The molecule has 0 amide bonds. The van der Waals surface area contributed by atoms with Crippen LogP contribution in [0.15, 0.2) is 52.6 Å². The van der Waals surface area contributed by atoms with Gasteiger partial charge in [0.15, 0.2) is 9.84 Å². The Morgan fingerprint density at radius 1 is 1.19 bits per heavy atom. The summed E-state index contributed by atoms with van der Waals surface area (Å²) in [6.45, 7) is 4.33. The highest BCUT2D eigenvalue weighted by Crippen LogP contribution is 2.31. The average molecular weight is 306 g/mol. The molecule has 0 bridgehead atoms. The normalized spacial score (nSPS) is 22.5. The molecule has 1 aromatic carbocycles. The summed E-state index contributed by atoms with van der Waals surface area (Å²) in [6.07, 6.45) is 6.34. The van der Waals surface area contributed by atoms with E-state index in [4.69, 9.17) is 4.74 Å². The van der Waals surface area contributed by atoms with Gasteiger partial charge in [0.25, 0.3) is 0 Å². The van der Waals surface area contributed by atoms with E-state index in [1.165, 1.54) is 11.8 Å². The predicted molar refractivity (Wildman–Crippen MR) is 84.8 cm³/mol. The zero-order valence-electron chi connectivity index (χ0n) is 13.0. The van der Waals surface area contributed by atoms with Crippen LogP contribution in [0.4, 0.5) is 0 Å². The Kier molecular flexibility index (Phi) is 4.57.